The van der Waals surface area contributed by atoms with Gasteiger partial charge in [0, 0.05) is 32.3 Å². The third-order valence-electron chi connectivity index (χ3n) is 3.42. The first kappa shape index (κ1) is 13.4. The Morgan fingerprint density at radius 2 is 2.16 bits per heavy atom. The van der Waals surface area contributed by atoms with Crippen LogP contribution in [0.15, 0.2) is 12.4 Å². The summed E-state index contributed by atoms with van der Waals surface area (Å²) in [5.41, 5.74) is 6.09. The SMILES string of the molecule is CNC(=O)C1CCN(C(=O)Cn2cc(N)cn2)CC1. The number of nitrogens with zero attached hydrogens (tertiary/aromatic N) is 3. The number of hydrogen-bond donors (Lipinski definition) is 2. The summed E-state index contributed by atoms with van der Waals surface area (Å²) < 4.78 is 1.53. The second-order valence-corrected chi connectivity index (χ2v) is 4.74. The molecule has 1 aromatic rings. The molecule has 0 aliphatic carbocycles. The van der Waals surface area contributed by atoms with Gasteiger partial charge in [0.25, 0.3) is 0 Å². The summed E-state index contributed by atoms with van der Waals surface area (Å²) >= 11 is 0. The molecular weight excluding hydrogens is 246 g/mol. The van der Waals surface area contributed by atoms with Gasteiger partial charge in [-0.15, -0.1) is 0 Å². The fourth-order valence-corrected chi connectivity index (χ4v) is 2.30. The third kappa shape index (κ3) is 3.24. The number of nitrogens with one attached hydrogen (secondary N) is 1. The summed E-state index contributed by atoms with van der Waals surface area (Å²) in [6, 6.07) is 0. The maximum absolute atomic E-state index is 12.0. The molecule has 1 aliphatic heterocycles. The summed E-state index contributed by atoms with van der Waals surface area (Å²) in [6.45, 7) is 1.43. The van der Waals surface area contributed by atoms with Gasteiger partial charge >= 0.3 is 0 Å². The van der Waals surface area contributed by atoms with Gasteiger partial charge in [-0.3, -0.25) is 14.3 Å². The smallest absolute Gasteiger partial charge is 0.244 e. The van der Waals surface area contributed by atoms with Crippen molar-refractivity contribution in [2.24, 2.45) is 5.92 Å². The van der Waals surface area contributed by atoms with Crippen LogP contribution in [0.2, 0.25) is 0 Å². The molecule has 1 aromatic heterocycles. The highest BCUT2D eigenvalue weighted by Crippen LogP contribution is 2.17. The molecule has 2 heterocycles. The lowest BCUT2D eigenvalue weighted by molar-refractivity contribution is -0.136. The van der Waals surface area contributed by atoms with E-state index in [1.807, 2.05) is 0 Å². The predicted octanol–water partition coefficient (Wildman–Crippen LogP) is -0.550. The molecule has 0 aromatic carbocycles. The summed E-state index contributed by atoms with van der Waals surface area (Å²) in [4.78, 5) is 25.3. The minimum atomic E-state index is 0.0125. The number of nitrogens with two attached hydrogens (primary N) is 1. The van der Waals surface area contributed by atoms with Crippen molar-refractivity contribution in [3.8, 4) is 0 Å². The number of anilines is 1. The lowest BCUT2D eigenvalue weighted by Gasteiger charge is -2.31. The van der Waals surface area contributed by atoms with Crippen molar-refractivity contribution in [2.45, 2.75) is 19.4 Å². The van der Waals surface area contributed by atoms with Gasteiger partial charge in [-0.2, -0.15) is 5.10 Å². The number of carbonyl (C=O) groups is 2. The highest BCUT2D eigenvalue weighted by molar-refractivity contribution is 5.79. The fraction of sp³-hybridized carbons (Fsp3) is 0.583. The molecule has 0 unspecified atom stereocenters. The van der Waals surface area contributed by atoms with Gasteiger partial charge in [-0.25, -0.2) is 0 Å². The average molecular weight is 265 g/mol. The van der Waals surface area contributed by atoms with E-state index in [1.54, 1.807) is 18.1 Å². The van der Waals surface area contributed by atoms with Gasteiger partial charge in [0.05, 0.1) is 11.9 Å². The Balaban J connectivity index is 1.84. The Labute approximate surface area is 111 Å². The van der Waals surface area contributed by atoms with E-state index in [9.17, 15) is 9.59 Å². The van der Waals surface area contributed by atoms with E-state index in [0.29, 0.717) is 31.6 Å². The molecule has 1 aliphatic rings. The van der Waals surface area contributed by atoms with Crippen molar-refractivity contribution in [1.82, 2.24) is 20.0 Å². The summed E-state index contributed by atoms with van der Waals surface area (Å²) in [7, 11) is 1.64. The van der Waals surface area contributed by atoms with Crippen LogP contribution in [0.5, 0.6) is 0 Å². The number of likely N-dealkylation sites (tertiary alicyclic amines) is 1. The monoisotopic (exact) mass is 265 g/mol. The fourth-order valence-electron chi connectivity index (χ4n) is 2.30. The maximum atomic E-state index is 12.0. The number of hydrogen-bond acceptors (Lipinski definition) is 4. The van der Waals surface area contributed by atoms with Crippen molar-refractivity contribution in [3.63, 3.8) is 0 Å². The van der Waals surface area contributed by atoms with E-state index in [1.165, 1.54) is 10.9 Å². The summed E-state index contributed by atoms with van der Waals surface area (Å²) in [6.07, 6.45) is 4.58. The number of piperidine rings is 1. The molecule has 7 heteroatoms. The molecule has 0 saturated carbocycles. The minimum absolute atomic E-state index is 0.0125. The molecule has 2 amide bonds. The maximum Gasteiger partial charge on any atom is 0.244 e. The van der Waals surface area contributed by atoms with E-state index in [-0.39, 0.29) is 24.3 Å². The topological polar surface area (TPSA) is 93.2 Å². The molecule has 0 radical (unpaired) electrons. The first-order valence-corrected chi connectivity index (χ1v) is 6.37. The van der Waals surface area contributed by atoms with Crippen LogP contribution in [0, 0.1) is 5.92 Å². The Morgan fingerprint density at radius 1 is 1.47 bits per heavy atom. The first-order chi connectivity index (χ1) is 9.10. The third-order valence-corrected chi connectivity index (χ3v) is 3.42. The van der Waals surface area contributed by atoms with Gasteiger partial charge in [-0.05, 0) is 12.8 Å². The van der Waals surface area contributed by atoms with Gasteiger partial charge in [0.2, 0.25) is 11.8 Å². The number of amides is 2. The van der Waals surface area contributed by atoms with Crippen LogP contribution < -0.4 is 11.1 Å². The molecule has 2 rings (SSSR count). The normalized spacial score (nSPS) is 16.4. The second kappa shape index (κ2) is 5.73. The van der Waals surface area contributed by atoms with Crippen molar-refractivity contribution in [2.75, 3.05) is 25.9 Å². The molecular formula is C12H19N5O2. The van der Waals surface area contributed by atoms with E-state index in [2.05, 4.69) is 10.4 Å². The van der Waals surface area contributed by atoms with E-state index in [4.69, 9.17) is 5.73 Å². The van der Waals surface area contributed by atoms with Crippen molar-refractivity contribution < 1.29 is 9.59 Å². The molecule has 0 spiro atoms. The standard InChI is InChI=1S/C12H19N5O2/c1-14-12(19)9-2-4-16(5-3-9)11(18)8-17-7-10(13)6-15-17/h6-7,9H,2-5,8,13H2,1H3,(H,14,19). The van der Waals surface area contributed by atoms with Crippen molar-refractivity contribution in [3.05, 3.63) is 12.4 Å². The van der Waals surface area contributed by atoms with Crippen LogP contribution in [0.1, 0.15) is 12.8 Å². The Morgan fingerprint density at radius 3 is 2.68 bits per heavy atom. The second-order valence-electron chi connectivity index (χ2n) is 4.74. The molecule has 3 N–H and O–H groups in total. The number of carbonyl (C=O) groups excluding carboxylic acids is 2. The Hall–Kier alpha value is -2.05. The molecule has 1 saturated heterocycles. The highest BCUT2D eigenvalue weighted by atomic mass is 16.2. The van der Waals surface area contributed by atoms with E-state index in [0.717, 1.165) is 0 Å². The Bertz CT molecular complexity index is 462. The predicted molar refractivity (Wildman–Crippen MR) is 70.0 cm³/mol. The van der Waals surface area contributed by atoms with Crippen LogP contribution >= 0.6 is 0 Å². The van der Waals surface area contributed by atoms with Gasteiger partial charge in [-0.1, -0.05) is 0 Å². The number of aromatic nitrogens is 2. The average Bonchev–Trinajstić information content (AvgIpc) is 2.83. The quantitative estimate of drug-likeness (QED) is 0.767. The highest BCUT2D eigenvalue weighted by Gasteiger charge is 2.26. The largest absolute Gasteiger partial charge is 0.396 e. The minimum Gasteiger partial charge on any atom is -0.396 e. The first-order valence-electron chi connectivity index (χ1n) is 6.37. The Kier molecular flexibility index (Phi) is 4.03. The van der Waals surface area contributed by atoms with Gasteiger partial charge in [0.1, 0.15) is 6.54 Å². The molecule has 1 fully saturated rings. The lowest BCUT2D eigenvalue weighted by atomic mass is 9.96. The zero-order valence-corrected chi connectivity index (χ0v) is 11.0. The number of nitrogen functional groups attached to an aromatic ring is 1. The summed E-state index contributed by atoms with van der Waals surface area (Å²) in [5, 5.41) is 6.64. The van der Waals surface area contributed by atoms with Crippen LogP contribution in [0.25, 0.3) is 0 Å². The number of rotatable bonds is 3. The zero-order chi connectivity index (χ0) is 13.8. The molecule has 0 bridgehead atoms. The lowest BCUT2D eigenvalue weighted by Crippen LogP contribution is -2.43. The van der Waals surface area contributed by atoms with Crippen LogP contribution in [0.4, 0.5) is 5.69 Å². The van der Waals surface area contributed by atoms with Crippen molar-refractivity contribution >= 4 is 17.5 Å². The van der Waals surface area contributed by atoms with Crippen molar-refractivity contribution in [1.29, 1.82) is 0 Å². The van der Waals surface area contributed by atoms with Gasteiger partial charge in [0.15, 0.2) is 0 Å². The molecule has 104 valence electrons. The molecule has 0 atom stereocenters. The van der Waals surface area contributed by atoms with Gasteiger partial charge < -0.3 is 16.0 Å². The van der Waals surface area contributed by atoms with E-state index >= 15 is 0 Å². The van der Waals surface area contributed by atoms with Crippen LogP contribution in [-0.4, -0.2) is 46.6 Å². The van der Waals surface area contributed by atoms with Crippen LogP contribution in [0.3, 0.4) is 0 Å². The van der Waals surface area contributed by atoms with E-state index < -0.39 is 0 Å². The molecule has 7 nitrogen and oxygen atoms in total. The summed E-state index contributed by atoms with van der Waals surface area (Å²) in [5.74, 6) is 0.0970. The zero-order valence-electron chi connectivity index (χ0n) is 11.0. The van der Waals surface area contributed by atoms with Crippen LogP contribution in [-0.2, 0) is 16.1 Å². The molecule has 19 heavy (non-hydrogen) atoms.